The van der Waals surface area contributed by atoms with Crippen LogP contribution in [0.4, 0.5) is 0 Å². The van der Waals surface area contributed by atoms with Crippen LogP contribution < -0.4 is 5.32 Å². The predicted molar refractivity (Wildman–Crippen MR) is 71.3 cm³/mol. The molecule has 0 radical (unpaired) electrons. The van der Waals surface area contributed by atoms with Crippen molar-refractivity contribution in [1.82, 2.24) is 10.2 Å². The summed E-state index contributed by atoms with van der Waals surface area (Å²) in [5.74, 6) is 0. The second-order valence-corrected chi connectivity index (χ2v) is 5.66. The molecule has 1 aliphatic heterocycles. The third-order valence-electron chi connectivity index (χ3n) is 4.47. The normalized spacial score (nSPS) is 27.2. The van der Waals surface area contributed by atoms with Gasteiger partial charge in [0.15, 0.2) is 0 Å². The topological polar surface area (TPSA) is 24.5 Å². The van der Waals surface area contributed by atoms with Crippen molar-refractivity contribution in [2.24, 2.45) is 0 Å². The zero-order valence-electron chi connectivity index (χ0n) is 11.5. The van der Waals surface area contributed by atoms with Crippen LogP contribution >= 0.6 is 0 Å². The molecule has 3 heteroatoms. The van der Waals surface area contributed by atoms with Crippen molar-refractivity contribution >= 4 is 0 Å². The molecule has 1 spiro atoms. The number of piperazine rings is 1. The van der Waals surface area contributed by atoms with Crippen molar-refractivity contribution in [1.29, 1.82) is 0 Å². The lowest BCUT2D eigenvalue weighted by Gasteiger charge is -2.52. The molecule has 0 aromatic heterocycles. The third kappa shape index (κ3) is 3.01. The maximum absolute atomic E-state index is 5.62. The minimum atomic E-state index is 0.438. The number of nitrogens with zero attached hydrogens (tertiary/aromatic N) is 1. The highest BCUT2D eigenvalue weighted by atomic mass is 16.5. The van der Waals surface area contributed by atoms with Crippen molar-refractivity contribution in [3.05, 3.63) is 0 Å². The molecule has 0 aromatic rings. The first-order valence-electron chi connectivity index (χ1n) is 7.34. The fourth-order valence-electron chi connectivity index (χ4n) is 3.60. The minimum Gasteiger partial charge on any atom is -0.380 e. The molecule has 2 aliphatic rings. The molecule has 3 nitrogen and oxygen atoms in total. The smallest absolute Gasteiger partial charge is 0.0619 e. The first kappa shape index (κ1) is 13.3. The lowest BCUT2D eigenvalue weighted by Crippen LogP contribution is -2.64. The molecule has 0 aromatic carbocycles. The van der Waals surface area contributed by atoms with E-state index in [4.69, 9.17) is 4.74 Å². The Morgan fingerprint density at radius 2 is 2.06 bits per heavy atom. The van der Waals surface area contributed by atoms with Crippen molar-refractivity contribution in [3.63, 3.8) is 0 Å². The molecule has 2 fully saturated rings. The minimum absolute atomic E-state index is 0.438. The van der Waals surface area contributed by atoms with Crippen molar-refractivity contribution in [2.75, 3.05) is 32.8 Å². The largest absolute Gasteiger partial charge is 0.380 e. The van der Waals surface area contributed by atoms with Gasteiger partial charge in [-0.1, -0.05) is 19.3 Å². The molecule has 0 amide bonds. The first-order chi connectivity index (χ1) is 8.28. The first-order valence-corrected chi connectivity index (χ1v) is 7.34. The number of ether oxygens (including phenoxy) is 1. The SMILES string of the molecule is CCOCC(C)N1CCNCC12CCCCC2. The highest BCUT2D eigenvalue weighted by molar-refractivity contribution is 4.99. The van der Waals surface area contributed by atoms with Gasteiger partial charge in [0.25, 0.3) is 0 Å². The van der Waals surface area contributed by atoms with E-state index in [0.717, 1.165) is 19.8 Å². The van der Waals surface area contributed by atoms with Gasteiger partial charge in [-0.2, -0.15) is 0 Å². The average molecular weight is 240 g/mol. The van der Waals surface area contributed by atoms with Crippen LogP contribution in [0.1, 0.15) is 46.0 Å². The van der Waals surface area contributed by atoms with E-state index >= 15 is 0 Å². The average Bonchev–Trinajstić information content (AvgIpc) is 2.37. The van der Waals surface area contributed by atoms with Crippen molar-refractivity contribution in [3.8, 4) is 0 Å². The second-order valence-electron chi connectivity index (χ2n) is 5.66. The monoisotopic (exact) mass is 240 g/mol. The van der Waals surface area contributed by atoms with E-state index in [2.05, 4.69) is 24.1 Å². The molecule has 1 aliphatic carbocycles. The standard InChI is InChI=1S/C14H28N2O/c1-3-17-11-13(2)16-10-9-15-12-14(16)7-5-4-6-8-14/h13,15H,3-12H2,1-2H3. The molecular weight excluding hydrogens is 212 g/mol. The van der Waals surface area contributed by atoms with Gasteiger partial charge in [0.05, 0.1) is 6.61 Å². The third-order valence-corrected chi connectivity index (χ3v) is 4.47. The van der Waals surface area contributed by atoms with Crippen LogP contribution in [0, 0.1) is 0 Å². The van der Waals surface area contributed by atoms with E-state index < -0.39 is 0 Å². The Kier molecular flexibility index (Phi) is 4.83. The number of hydrogen-bond acceptors (Lipinski definition) is 3. The maximum Gasteiger partial charge on any atom is 0.0619 e. The van der Waals surface area contributed by atoms with E-state index in [0.29, 0.717) is 11.6 Å². The molecule has 1 atom stereocenters. The quantitative estimate of drug-likeness (QED) is 0.813. The Morgan fingerprint density at radius 3 is 2.76 bits per heavy atom. The summed E-state index contributed by atoms with van der Waals surface area (Å²) in [6.45, 7) is 9.65. The number of nitrogens with one attached hydrogen (secondary N) is 1. The Labute approximate surface area is 106 Å². The van der Waals surface area contributed by atoms with Crippen LogP contribution in [0.25, 0.3) is 0 Å². The molecule has 0 bridgehead atoms. The molecule has 1 unspecified atom stereocenters. The molecule has 100 valence electrons. The zero-order valence-corrected chi connectivity index (χ0v) is 11.5. The van der Waals surface area contributed by atoms with E-state index in [1.54, 1.807) is 0 Å². The predicted octanol–water partition coefficient (Wildman–Crippen LogP) is 2.02. The van der Waals surface area contributed by atoms with Gasteiger partial charge in [-0.05, 0) is 26.7 Å². The van der Waals surface area contributed by atoms with Crippen LogP contribution in [-0.2, 0) is 4.74 Å². The second kappa shape index (κ2) is 6.17. The maximum atomic E-state index is 5.62. The summed E-state index contributed by atoms with van der Waals surface area (Å²) in [7, 11) is 0. The summed E-state index contributed by atoms with van der Waals surface area (Å²) in [5.41, 5.74) is 0.438. The number of rotatable bonds is 4. The summed E-state index contributed by atoms with van der Waals surface area (Å²) in [6, 6.07) is 0.565. The zero-order chi connectivity index (χ0) is 12.1. The van der Waals surface area contributed by atoms with Gasteiger partial charge >= 0.3 is 0 Å². The van der Waals surface area contributed by atoms with E-state index in [1.165, 1.54) is 45.2 Å². The lowest BCUT2D eigenvalue weighted by molar-refractivity contribution is -0.0309. The van der Waals surface area contributed by atoms with Crippen LogP contribution in [0.2, 0.25) is 0 Å². The Morgan fingerprint density at radius 1 is 1.29 bits per heavy atom. The van der Waals surface area contributed by atoms with Crippen LogP contribution in [0.3, 0.4) is 0 Å². The van der Waals surface area contributed by atoms with Gasteiger partial charge < -0.3 is 10.1 Å². The highest BCUT2D eigenvalue weighted by Gasteiger charge is 2.41. The molecule has 1 heterocycles. The molecule has 17 heavy (non-hydrogen) atoms. The fourth-order valence-corrected chi connectivity index (χ4v) is 3.60. The van der Waals surface area contributed by atoms with Gasteiger partial charge in [-0.15, -0.1) is 0 Å². The van der Waals surface area contributed by atoms with Crippen molar-refractivity contribution in [2.45, 2.75) is 57.5 Å². The van der Waals surface area contributed by atoms with Gasteiger partial charge in [0.1, 0.15) is 0 Å². The Hall–Kier alpha value is -0.120. The van der Waals surface area contributed by atoms with Gasteiger partial charge in [-0.3, -0.25) is 4.90 Å². The highest BCUT2D eigenvalue weighted by Crippen LogP contribution is 2.35. The van der Waals surface area contributed by atoms with E-state index in [9.17, 15) is 0 Å². The molecule has 1 N–H and O–H groups in total. The Bertz CT molecular complexity index is 218. The van der Waals surface area contributed by atoms with Crippen molar-refractivity contribution < 1.29 is 4.74 Å². The van der Waals surface area contributed by atoms with E-state index in [-0.39, 0.29) is 0 Å². The number of hydrogen-bond donors (Lipinski definition) is 1. The van der Waals surface area contributed by atoms with Gasteiger partial charge in [0.2, 0.25) is 0 Å². The summed E-state index contributed by atoms with van der Waals surface area (Å²) < 4.78 is 5.62. The molecule has 1 saturated heterocycles. The molecular formula is C14H28N2O. The van der Waals surface area contributed by atoms with Crippen LogP contribution in [0.5, 0.6) is 0 Å². The summed E-state index contributed by atoms with van der Waals surface area (Å²) >= 11 is 0. The summed E-state index contributed by atoms with van der Waals surface area (Å²) in [5, 5.41) is 3.60. The molecule has 2 rings (SSSR count). The van der Waals surface area contributed by atoms with Crippen LogP contribution in [0.15, 0.2) is 0 Å². The Balaban J connectivity index is 2.00. The fraction of sp³-hybridized carbons (Fsp3) is 1.00. The van der Waals surface area contributed by atoms with Gasteiger partial charge in [-0.25, -0.2) is 0 Å². The van der Waals surface area contributed by atoms with Crippen LogP contribution in [-0.4, -0.2) is 49.3 Å². The summed E-state index contributed by atoms with van der Waals surface area (Å²) in [6.07, 6.45) is 6.97. The van der Waals surface area contributed by atoms with Gasteiger partial charge in [0, 0.05) is 37.8 Å². The van der Waals surface area contributed by atoms with E-state index in [1.807, 2.05) is 0 Å². The molecule has 1 saturated carbocycles. The summed E-state index contributed by atoms with van der Waals surface area (Å²) in [4.78, 5) is 2.73. The lowest BCUT2D eigenvalue weighted by atomic mass is 9.78.